The largest absolute Gasteiger partial charge is 0.263 e. The summed E-state index contributed by atoms with van der Waals surface area (Å²) in [7, 11) is 0. The van der Waals surface area contributed by atoms with E-state index in [1.807, 2.05) is 0 Å². The minimum atomic E-state index is 0.825. The van der Waals surface area contributed by atoms with E-state index in [9.17, 15) is 0 Å². The van der Waals surface area contributed by atoms with E-state index >= 15 is 0 Å². The second-order valence-electron chi connectivity index (χ2n) is 1.53. The maximum atomic E-state index is 4.45. The van der Waals surface area contributed by atoms with Crippen LogP contribution >= 0.6 is 34.8 Å². The molecule has 1 heterocycles. The van der Waals surface area contributed by atoms with Gasteiger partial charge in [0.25, 0.3) is 0 Å². The van der Waals surface area contributed by atoms with Crippen LogP contribution in [0.2, 0.25) is 0 Å². The Morgan fingerprint density at radius 1 is 1.70 bits per heavy atom. The summed E-state index contributed by atoms with van der Waals surface area (Å²) in [4.78, 5) is 7.72. The number of aromatic nitrogens is 1. The van der Waals surface area contributed by atoms with E-state index in [1.165, 1.54) is 0 Å². The first kappa shape index (κ1) is 7.78. The van der Waals surface area contributed by atoms with Crippen LogP contribution < -0.4 is 0 Å². The summed E-state index contributed by atoms with van der Waals surface area (Å²) in [5.41, 5.74) is 0.825. The van der Waals surface area contributed by atoms with E-state index in [1.54, 1.807) is 18.5 Å². The topological polar surface area (TPSA) is 25.2 Å². The second-order valence-corrected chi connectivity index (χ2v) is 2.87. The lowest BCUT2D eigenvalue weighted by atomic mass is 10.4. The first-order valence-electron chi connectivity index (χ1n) is 2.52. The van der Waals surface area contributed by atoms with Crippen molar-refractivity contribution in [3.8, 4) is 0 Å². The van der Waals surface area contributed by atoms with E-state index in [-0.39, 0.29) is 0 Å². The van der Waals surface area contributed by atoms with Crippen molar-refractivity contribution < 1.29 is 0 Å². The third kappa shape index (κ3) is 1.83. The fraction of sp³-hybridized carbons (Fsp3) is 0. The quantitative estimate of drug-likeness (QED) is 0.441. The highest BCUT2D eigenvalue weighted by molar-refractivity contribution is 14.1. The molecule has 0 aliphatic rings. The van der Waals surface area contributed by atoms with E-state index < -0.39 is 0 Å². The van der Waals surface area contributed by atoms with Crippen LogP contribution in [0.5, 0.6) is 0 Å². The number of hydrogen-bond donors (Lipinski definition) is 0. The molecular weight excluding hydrogens is 259 g/mol. The first-order valence-corrected chi connectivity index (χ1v) is 4.00. The molecule has 2 nitrogen and oxygen atoms in total. The van der Waals surface area contributed by atoms with Crippen molar-refractivity contribution in [1.29, 1.82) is 0 Å². The zero-order valence-electron chi connectivity index (χ0n) is 4.91. The molecule has 0 N–H and O–H groups in total. The van der Waals surface area contributed by atoms with E-state index in [4.69, 9.17) is 0 Å². The Hall–Kier alpha value is -0.320. The highest BCUT2D eigenvalue weighted by Crippen LogP contribution is 2.17. The monoisotopic (exact) mass is 262 g/mol. The maximum Gasteiger partial charge on any atom is 0.0903 e. The smallest absolute Gasteiger partial charge is 0.0903 e. The Kier molecular flexibility index (Phi) is 2.92. The number of halogens is 1. The predicted molar refractivity (Wildman–Crippen MR) is 51.6 cm³/mol. The summed E-state index contributed by atoms with van der Waals surface area (Å²) in [6.07, 6.45) is 3.40. The minimum Gasteiger partial charge on any atom is -0.263 e. The van der Waals surface area contributed by atoms with Crippen LogP contribution in [-0.2, 0) is 0 Å². The summed E-state index contributed by atoms with van der Waals surface area (Å²) in [5, 5.41) is 2.30. The Bertz CT molecular complexity index is 281. The molecule has 10 heavy (non-hydrogen) atoms. The molecule has 0 saturated carbocycles. The summed E-state index contributed by atoms with van der Waals surface area (Å²) in [5.74, 6) is 0. The molecule has 50 valence electrons. The molecule has 4 heteroatoms. The first-order chi connectivity index (χ1) is 4.84. The third-order valence-electron chi connectivity index (χ3n) is 0.917. The zero-order valence-corrected chi connectivity index (χ0v) is 7.89. The zero-order chi connectivity index (χ0) is 7.40. The van der Waals surface area contributed by atoms with Crippen LogP contribution in [0.25, 0.3) is 0 Å². The van der Waals surface area contributed by atoms with Crippen LogP contribution in [0.3, 0.4) is 0 Å². The fourth-order valence-electron chi connectivity index (χ4n) is 0.508. The van der Waals surface area contributed by atoms with Crippen molar-refractivity contribution in [3.63, 3.8) is 0 Å². The lowest BCUT2D eigenvalue weighted by Crippen LogP contribution is -1.74. The Balaban J connectivity index is 3.14. The highest BCUT2D eigenvalue weighted by Gasteiger charge is 1.92. The van der Waals surface area contributed by atoms with Gasteiger partial charge in [-0.15, -0.1) is 0 Å². The van der Waals surface area contributed by atoms with Crippen LogP contribution in [0.1, 0.15) is 0 Å². The Morgan fingerprint density at radius 2 is 2.50 bits per heavy atom. The summed E-state index contributed by atoms with van der Waals surface area (Å²) in [6.45, 7) is 0. The fourth-order valence-corrected chi connectivity index (χ4v) is 1.07. The molecule has 1 rings (SSSR count). The van der Waals surface area contributed by atoms with Crippen molar-refractivity contribution in [2.24, 2.45) is 4.99 Å². The van der Waals surface area contributed by atoms with Crippen LogP contribution in [0, 0.1) is 3.57 Å². The van der Waals surface area contributed by atoms with Crippen LogP contribution in [0.15, 0.2) is 23.5 Å². The lowest BCUT2D eigenvalue weighted by Gasteiger charge is -1.91. The van der Waals surface area contributed by atoms with Crippen molar-refractivity contribution in [2.45, 2.75) is 0 Å². The Morgan fingerprint density at radius 3 is 3.10 bits per heavy atom. The molecule has 0 unspecified atom stereocenters. The van der Waals surface area contributed by atoms with Gasteiger partial charge in [-0.3, -0.25) is 4.98 Å². The predicted octanol–water partition coefficient (Wildman–Crippen LogP) is 2.42. The third-order valence-corrected chi connectivity index (χ3v) is 1.84. The molecule has 0 saturated heterocycles. The van der Waals surface area contributed by atoms with E-state index in [0.29, 0.717) is 0 Å². The molecule has 0 radical (unpaired) electrons. The van der Waals surface area contributed by atoms with Gasteiger partial charge in [0, 0.05) is 12.4 Å². The average Bonchev–Trinajstić information content (AvgIpc) is 1.94. The number of thiocarbonyl (C=S) groups is 1. The number of rotatable bonds is 1. The van der Waals surface area contributed by atoms with Gasteiger partial charge in [-0.25, -0.2) is 0 Å². The van der Waals surface area contributed by atoms with Gasteiger partial charge in [-0.05, 0) is 40.9 Å². The molecule has 0 aliphatic heterocycles. The van der Waals surface area contributed by atoms with E-state index in [2.05, 4.69) is 49.9 Å². The number of aliphatic imine (C=N–C) groups is 1. The van der Waals surface area contributed by atoms with Crippen LogP contribution in [-0.4, -0.2) is 10.1 Å². The van der Waals surface area contributed by atoms with Gasteiger partial charge in [-0.2, -0.15) is 4.99 Å². The molecule has 0 atom stereocenters. The van der Waals surface area contributed by atoms with Crippen molar-refractivity contribution in [2.75, 3.05) is 0 Å². The number of nitrogens with zero attached hydrogens (tertiary/aromatic N) is 2. The van der Waals surface area contributed by atoms with Gasteiger partial charge in [0.05, 0.1) is 14.4 Å². The van der Waals surface area contributed by atoms with Gasteiger partial charge in [-0.1, -0.05) is 0 Å². The molecule has 0 aromatic carbocycles. The van der Waals surface area contributed by atoms with E-state index in [0.717, 1.165) is 9.26 Å². The molecule has 0 amide bonds. The van der Waals surface area contributed by atoms with Gasteiger partial charge < -0.3 is 0 Å². The summed E-state index contributed by atoms with van der Waals surface area (Å²) in [6, 6.07) is 1.79. The second kappa shape index (κ2) is 3.75. The molecule has 0 bridgehead atoms. The molecular formula is C6H3IN2S. The summed E-state index contributed by atoms with van der Waals surface area (Å²) >= 11 is 6.59. The SMILES string of the molecule is S=C=Nc1ccncc1I. The highest BCUT2D eigenvalue weighted by atomic mass is 127. The molecule has 1 aromatic rings. The Labute approximate surface area is 77.5 Å². The number of hydrogen-bond acceptors (Lipinski definition) is 3. The van der Waals surface area contributed by atoms with Gasteiger partial charge in [0.15, 0.2) is 0 Å². The molecule has 1 aromatic heterocycles. The average molecular weight is 262 g/mol. The number of pyridine rings is 1. The molecule has 0 fully saturated rings. The normalized spacial score (nSPS) is 8.50. The van der Waals surface area contributed by atoms with Gasteiger partial charge in [0.1, 0.15) is 0 Å². The molecule has 0 spiro atoms. The maximum absolute atomic E-state index is 4.45. The van der Waals surface area contributed by atoms with Crippen molar-refractivity contribution in [1.82, 2.24) is 4.98 Å². The van der Waals surface area contributed by atoms with Crippen molar-refractivity contribution in [3.05, 3.63) is 22.0 Å². The standard InChI is InChI=1S/C6H3IN2S/c7-5-3-8-2-1-6(5)9-4-10/h1-3H. The summed E-state index contributed by atoms with van der Waals surface area (Å²) < 4.78 is 0.984. The van der Waals surface area contributed by atoms with Crippen LogP contribution in [0.4, 0.5) is 5.69 Å². The van der Waals surface area contributed by atoms with Gasteiger partial charge >= 0.3 is 0 Å². The molecule has 0 aliphatic carbocycles. The van der Waals surface area contributed by atoms with Crippen molar-refractivity contribution >= 4 is 45.7 Å². The number of isothiocyanates is 1. The van der Waals surface area contributed by atoms with Gasteiger partial charge in [0.2, 0.25) is 0 Å². The lowest BCUT2D eigenvalue weighted by molar-refractivity contribution is 1.29. The minimum absolute atomic E-state index is 0.825.